The van der Waals surface area contributed by atoms with Gasteiger partial charge in [0.2, 0.25) is 0 Å². The molecule has 1 aromatic rings. The third-order valence-electron chi connectivity index (χ3n) is 5.10. The van der Waals surface area contributed by atoms with Crippen LogP contribution >= 0.6 is 0 Å². The second-order valence-corrected chi connectivity index (χ2v) is 6.88. The van der Waals surface area contributed by atoms with Gasteiger partial charge in [-0.3, -0.25) is 4.68 Å². The van der Waals surface area contributed by atoms with Gasteiger partial charge in [0.1, 0.15) is 0 Å². The van der Waals surface area contributed by atoms with Gasteiger partial charge in [-0.1, -0.05) is 13.8 Å². The Balaban J connectivity index is 1.79. The van der Waals surface area contributed by atoms with E-state index in [-0.39, 0.29) is 0 Å². The molecule has 1 saturated carbocycles. The van der Waals surface area contributed by atoms with Crippen molar-refractivity contribution in [1.82, 2.24) is 9.78 Å². The van der Waals surface area contributed by atoms with E-state index in [0.717, 1.165) is 23.7 Å². The first-order chi connectivity index (χ1) is 8.59. The summed E-state index contributed by atoms with van der Waals surface area (Å²) < 4.78 is 2.25. The maximum atomic E-state index is 4.59. The first-order valence-electron chi connectivity index (χ1n) is 7.65. The zero-order chi connectivity index (χ0) is 12.9. The minimum Gasteiger partial charge on any atom is -0.267 e. The summed E-state index contributed by atoms with van der Waals surface area (Å²) in [6, 6.07) is 0.504. The minimum absolute atomic E-state index is 0.504. The van der Waals surface area contributed by atoms with Crippen molar-refractivity contribution < 1.29 is 0 Å². The van der Waals surface area contributed by atoms with Gasteiger partial charge in [0.15, 0.2) is 0 Å². The normalized spacial score (nSPS) is 30.9. The van der Waals surface area contributed by atoms with Crippen molar-refractivity contribution in [2.75, 3.05) is 0 Å². The predicted octanol–water partition coefficient (Wildman–Crippen LogP) is 3.86. The van der Waals surface area contributed by atoms with Crippen LogP contribution in [0.2, 0.25) is 0 Å². The van der Waals surface area contributed by atoms with E-state index in [4.69, 9.17) is 0 Å². The minimum atomic E-state index is 0.504. The molecule has 0 bridgehead atoms. The van der Waals surface area contributed by atoms with Crippen molar-refractivity contribution in [1.29, 1.82) is 0 Å². The lowest BCUT2D eigenvalue weighted by atomic mass is 9.99. The highest BCUT2D eigenvalue weighted by atomic mass is 15.3. The summed E-state index contributed by atoms with van der Waals surface area (Å²) in [6.45, 7) is 9.28. The Morgan fingerprint density at radius 2 is 1.78 bits per heavy atom. The average Bonchev–Trinajstić information content (AvgIpc) is 2.81. The Kier molecular flexibility index (Phi) is 2.99. The van der Waals surface area contributed by atoms with Crippen LogP contribution in [0.25, 0.3) is 0 Å². The van der Waals surface area contributed by atoms with Gasteiger partial charge in [-0.2, -0.15) is 5.10 Å². The predicted molar refractivity (Wildman–Crippen MR) is 74.6 cm³/mol. The highest BCUT2D eigenvalue weighted by Gasteiger charge is 2.50. The molecule has 0 radical (unpaired) electrons. The lowest BCUT2D eigenvalue weighted by Gasteiger charge is -2.14. The van der Waals surface area contributed by atoms with E-state index >= 15 is 0 Å². The number of hydrogen-bond acceptors (Lipinski definition) is 1. The van der Waals surface area contributed by atoms with Crippen LogP contribution in [0.4, 0.5) is 0 Å². The standard InChI is InChI=1S/C16H26N2/c1-10(2)16-13-6-5-12-9-17-18(11(3)4)15(12)8-7-14(13)16/h9-11,13-14,16H,5-8H2,1-4H3. The van der Waals surface area contributed by atoms with Crippen LogP contribution in [0.1, 0.15) is 57.8 Å². The van der Waals surface area contributed by atoms with Gasteiger partial charge in [0.25, 0.3) is 0 Å². The molecule has 1 fully saturated rings. The Morgan fingerprint density at radius 1 is 1.11 bits per heavy atom. The monoisotopic (exact) mass is 246 g/mol. The third kappa shape index (κ3) is 1.90. The quantitative estimate of drug-likeness (QED) is 0.774. The molecular weight excluding hydrogens is 220 g/mol. The first-order valence-corrected chi connectivity index (χ1v) is 7.65. The average molecular weight is 246 g/mol. The van der Waals surface area contributed by atoms with Gasteiger partial charge < -0.3 is 0 Å². The van der Waals surface area contributed by atoms with Crippen molar-refractivity contribution in [3.05, 3.63) is 17.5 Å². The summed E-state index contributed by atoms with van der Waals surface area (Å²) in [7, 11) is 0. The highest BCUT2D eigenvalue weighted by molar-refractivity contribution is 5.21. The summed E-state index contributed by atoms with van der Waals surface area (Å²) in [5.74, 6) is 3.91. The molecule has 2 aliphatic carbocycles. The summed E-state index contributed by atoms with van der Waals surface area (Å²) >= 11 is 0. The fraction of sp³-hybridized carbons (Fsp3) is 0.812. The maximum Gasteiger partial charge on any atom is 0.0524 e. The van der Waals surface area contributed by atoms with Crippen LogP contribution in [0.15, 0.2) is 6.20 Å². The second kappa shape index (κ2) is 4.40. The van der Waals surface area contributed by atoms with E-state index in [9.17, 15) is 0 Å². The molecular formula is C16H26N2. The molecule has 0 N–H and O–H groups in total. The SMILES string of the molecule is CC(C)C1C2CCc3cnn(C(C)C)c3CCC21. The van der Waals surface area contributed by atoms with Crippen molar-refractivity contribution >= 4 is 0 Å². The summed E-state index contributed by atoms with van der Waals surface area (Å²) in [4.78, 5) is 0. The molecule has 0 saturated heterocycles. The maximum absolute atomic E-state index is 4.59. The zero-order valence-corrected chi connectivity index (χ0v) is 12.2. The molecule has 0 amide bonds. The van der Waals surface area contributed by atoms with E-state index in [1.165, 1.54) is 36.9 Å². The Bertz CT molecular complexity index is 430. The summed E-state index contributed by atoms with van der Waals surface area (Å²) in [6.07, 6.45) is 7.41. The number of aromatic nitrogens is 2. The molecule has 1 aromatic heterocycles. The first kappa shape index (κ1) is 12.3. The molecule has 2 heteroatoms. The zero-order valence-electron chi connectivity index (χ0n) is 12.2. The number of hydrogen-bond donors (Lipinski definition) is 0. The molecule has 3 unspecified atom stereocenters. The molecule has 3 rings (SSSR count). The highest BCUT2D eigenvalue weighted by Crippen LogP contribution is 2.56. The second-order valence-electron chi connectivity index (χ2n) is 6.88. The molecule has 2 aliphatic rings. The van der Waals surface area contributed by atoms with Gasteiger partial charge in [0, 0.05) is 11.7 Å². The third-order valence-corrected chi connectivity index (χ3v) is 5.10. The molecule has 2 nitrogen and oxygen atoms in total. The topological polar surface area (TPSA) is 17.8 Å². The van der Waals surface area contributed by atoms with Gasteiger partial charge in [-0.15, -0.1) is 0 Å². The lowest BCUT2D eigenvalue weighted by Crippen LogP contribution is -2.10. The largest absolute Gasteiger partial charge is 0.267 e. The molecule has 0 aliphatic heterocycles. The van der Waals surface area contributed by atoms with Crippen LogP contribution in [0, 0.1) is 23.7 Å². The van der Waals surface area contributed by atoms with Crippen LogP contribution in [0.3, 0.4) is 0 Å². The van der Waals surface area contributed by atoms with Gasteiger partial charge in [0.05, 0.1) is 6.20 Å². The van der Waals surface area contributed by atoms with Gasteiger partial charge in [-0.25, -0.2) is 0 Å². The molecule has 3 atom stereocenters. The number of rotatable bonds is 2. The fourth-order valence-corrected chi connectivity index (χ4v) is 4.25. The van der Waals surface area contributed by atoms with Crippen molar-refractivity contribution in [3.8, 4) is 0 Å². The smallest absolute Gasteiger partial charge is 0.0524 e. The number of nitrogens with zero attached hydrogens (tertiary/aromatic N) is 2. The summed E-state index contributed by atoms with van der Waals surface area (Å²) in [5, 5.41) is 4.59. The van der Waals surface area contributed by atoms with Crippen molar-refractivity contribution in [2.24, 2.45) is 23.7 Å². The van der Waals surface area contributed by atoms with Crippen LogP contribution in [0.5, 0.6) is 0 Å². The van der Waals surface area contributed by atoms with Crippen molar-refractivity contribution in [3.63, 3.8) is 0 Å². The van der Waals surface area contributed by atoms with Crippen LogP contribution in [-0.4, -0.2) is 9.78 Å². The lowest BCUT2D eigenvalue weighted by molar-refractivity contribution is 0.478. The van der Waals surface area contributed by atoms with E-state index in [2.05, 4.69) is 43.7 Å². The van der Waals surface area contributed by atoms with E-state index in [1.54, 1.807) is 0 Å². The fourth-order valence-electron chi connectivity index (χ4n) is 4.25. The molecule has 18 heavy (non-hydrogen) atoms. The molecule has 100 valence electrons. The van der Waals surface area contributed by atoms with E-state index in [0.29, 0.717) is 6.04 Å². The molecule has 0 spiro atoms. The van der Waals surface area contributed by atoms with Crippen LogP contribution < -0.4 is 0 Å². The van der Waals surface area contributed by atoms with Gasteiger partial charge in [-0.05, 0) is 68.8 Å². The number of aryl methyl sites for hydroxylation is 1. The summed E-state index contributed by atoms with van der Waals surface area (Å²) in [5.41, 5.74) is 3.05. The Hall–Kier alpha value is -0.790. The number of fused-ring (bicyclic) bond motifs is 2. The van der Waals surface area contributed by atoms with E-state index in [1.807, 2.05) is 0 Å². The Labute approximate surface area is 111 Å². The van der Waals surface area contributed by atoms with Crippen molar-refractivity contribution in [2.45, 2.75) is 59.4 Å². The molecule has 1 heterocycles. The van der Waals surface area contributed by atoms with Crippen LogP contribution in [-0.2, 0) is 12.8 Å². The van der Waals surface area contributed by atoms with Gasteiger partial charge >= 0.3 is 0 Å². The van der Waals surface area contributed by atoms with E-state index < -0.39 is 0 Å². The molecule has 0 aromatic carbocycles. The Morgan fingerprint density at radius 3 is 2.39 bits per heavy atom.